The Morgan fingerprint density at radius 1 is 1.12 bits per heavy atom. The van der Waals surface area contributed by atoms with Crippen molar-refractivity contribution in [2.45, 2.75) is 57.5 Å². The first kappa shape index (κ1) is 28.9. The number of imidazole rings is 2. The zero-order valence-corrected chi connectivity index (χ0v) is 25.0. The summed E-state index contributed by atoms with van der Waals surface area (Å²) in [5.41, 5.74) is 13.1. The van der Waals surface area contributed by atoms with Crippen LogP contribution in [0.25, 0.3) is 27.8 Å². The minimum atomic E-state index is -0.296. The standard InChI is InChI=1S/C34H40N6O3/c1-23-8-5-11-29-32(23)40(34(42)37-29)27-15-13-24(14-16-27)20-26(35)21-31(41)38-17-6-9-25(22-38)33-36-28-10-3-4-12-30(28)39(33)18-7-19-43-2/h3-5,8,10-16,25-26H,6-7,9,17-22,35H2,1-2H3,(H,37,42)/t25-,26-/m1/s1. The van der Waals surface area contributed by atoms with Crippen LogP contribution in [0.1, 0.15) is 48.6 Å². The van der Waals surface area contributed by atoms with Crippen molar-refractivity contribution in [3.63, 3.8) is 0 Å². The molecule has 5 aromatic rings. The van der Waals surface area contributed by atoms with Crippen LogP contribution in [-0.4, -0.2) is 62.8 Å². The Morgan fingerprint density at radius 2 is 1.93 bits per heavy atom. The number of nitrogens with one attached hydrogen (secondary N) is 1. The van der Waals surface area contributed by atoms with E-state index in [2.05, 4.69) is 27.8 Å². The van der Waals surface area contributed by atoms with Gasteiger partial charge in [0.05, 0.1) is 27.8 Å². The molecule has 0 unspecified atom stereocenters. The molecule has 0 saturated carbocycles. The lowest BCUT2D eigenvalue weighted by Crippen LogP contribution is -2.42. The molecule has 1 aliphatic rings. The van der Waals surface area contributed by atoms with Gasteiger partial charge in [0.1, 0.15) is 5.82 Å². The molecule has 9 heteroatoms. The molecule has 6 rings (SSSR count). The minimum Gasteiger partial charge on any atom is -0.385 e. The first-order valence-electron chi connectivity index (χ1n) is 15.2. The van der Waals surface area contributed by atoms with Gasteiger partial charge >= 0.3 is 5.69 Å². The molecule has 1 amide bonds. The number of para-hydroxylation sites is 3. The number of aromatic amines is 1. The lowest BCUT2D eigenvalue weighted by atomic mass is 9.96. The highest BCUT2D eigenvalue weighted by atomic mass is 16.5. The third kappa shape index (κ3) is 6.00. The Hall–Kier alpha value is -4.21. The van der Waals surface area contributed by atoms with Crippen LogP contribution in [0, 0.1) is 6.92 Å². The summed E-state index contributed by atoms with van der Waals surface area (Å²) in [6.07, 6.45) is 3.74. The monoisotopic (exact) mass is 580 g/mol. The van der Waals surface area contributed by atoms with Crippen LogP contribution in [0.5, 0.6) is 0 Å². The zero-order chi connectivity index (χ0) is 29.9. The normalized spacial score (nSPS) is 16.3. The fourth-order valence-electron chi connectivity index (χ4n) is 6.51. The van der Waals surface area contributed by atoms with Crippen LogP contribution in [0.4, 0.5) is 0 Å². The van der Waals surface area contributed by atoms with Gasteiger partial charge < -0.3 is 24.9 Å². The number of aromatic nitrogens is 4. The predicted molar refractivity (Wildman–Crippen MR) is 170 cm³/mol. The number of nitrogens with zero attached hydrogens (tertiary/aromatic N) is 4. The van der Waals surface area contributed by atoms with Gasteiger partial charge in [0.15, 0.2) is 0 Å². The molecule has 0 spiro atoms. The van der Waals surface area contributed by atoms with Crippen LogP contribution in [-0.2, 0) is 22.5 Å². The molecule has 43 heavy (non-hydrogen) atoms. The molecule has 0 bridgehead atoms. The maximum absolute atomic E-state index is 13.4. The van der Waals surface area contributed by atoms with E-state index in [1.807, 2.05) is 60.4 Å². The van der Waals surface area contributed by atoms with E-state index in [9.17, 15) is 9.59 Å². The maximum atomic E-state index is 13.4. The Kier molecular flexibility index (Phi) is 8.44. The summed E-state index contributed by atoms with van der Waals surface area (Å²) in [7, 11) is 1.73. The highest BCUT2D eigenvalue weighted by Crippen LogP contribution is 2.30. The van der Waals surface area contributed by atoms with E-state index in [1.54, 1.807) is 11.7 Å². The van der Waals surface area contributed by atoms with Crippen molar-refractivity contribution in [3.05, 3.63) is 94.2 Å². The largest absolute Gasteiger partial charge is 0.385 e. The number of fused-ring (bicyclic) bond motifs is 2. The number of ether oxygens (including phenoxy) is 1. The average molecular weight is 581 g/mol. The van der Waals surface area contributed by atoms with Crippen molar-refractivity contribution in [2.75, 3.05) is 26.8 Å². The number of H-pyrrole nitrogens is 1. The third-order valence-corrected chi connectivity index (χ3v) is 8.59. The van der Waals surface area contributed by atoms with E-state index in [4.69, 9.17) is 15.5 Å². The first-order valence-corrected chi connectivity index (χ1v) is 15.2. The Balaban J connectivity index is 1.11. The highest BCUT2D eigenvalue weighted by molar-refractivity contribution is 5.81. The summed E-state index contributed by atoms with van der Waals surface area (Å²) in [6, 6.07) is 21.7. The molecule has 2 atom stereocenters. The summed E-state index contributed by atoms with van der Waals surface area (Å²) in [4.78, 5) is 36.0. The van der Waals surface area contributed by atoms with E-state index in [0.717, 1.165) is 77.1 Å². The second-order valence-corrected chi connectivity index (χ2v) is 11.7. The first-order chi connectivity index (χ1) is 20.9. The number of likely N-dealkylation sites (tertiary alicyclic amines) is 1. The molecular weight excluding hydrogens is 540 g/mol. The highest BCUT2D eigenvalue weighted by Gasteiger charge is 2.29. The number of rotatable bonds is 10. The average Bonchev–Trinajstić information content (AvgIpc) is 3.55. The van der Waals surface area contributed by atoms with E-state index in [1.165, 1.54) is 0 Å². The second-order valence-electron chi connectivity index (χ2n) is 11.7. The van der Waals surface area contributed by atoms with Gasteiger partial charge in [-0.3, -0.25) is 9.36 Å². The summed E-state index contributed by atoms with van der Waals surface area (Å²) < 4.78 is 9.32. The van der Waals surface area contributed by atoms with Crippen molar-refractivity contribution in [1.82, 2.24) is 24.0 Å². The molecule has 224 valence electrons. The fraction of sp³-hybridized carbons (Fsp3) is 0.382. The van der Waals surface area contributed by atoms with Gasteiger partial charge in [0.2, 0.25) is 5.91 Å². The van der Waals surface area contributed by atoms with Crippen LogP contribution in [0.15, 0.2) is 71.5 Å². The Labute approximate surface area is 251 Å². The van der Waals surface area contributed by atoms with Crippen LogP contribution < -0.4 is 11.4 Å². The smallest absolute Gasteiger partial charge is 0.331 e. The van der Waals surface area contributed by atoms with Crippen LogP contribution in [0.3, 0.4) is 0 Å². The molecule has 1 aliphatic heterocycles. The molecule has 1 fully saturated rings. The summed E-state index contributed by atoms with van der Waals surface area (Å²) >= 11 is 0. The number of hydrogen-bond acceptors (Lipinski definition) is 5. The summed E-state index contributed by atoms with van der Waals surface area (Å²) in [5.74, 6) is 1.34. The Bertz CT molecular complexity index is 1780. The lowest BCUT2D eigenvalue weighted by Gasteiger charge is -2.33. The van der Waals surface area contributed by atoms with Gasteiger partial charge in [0, 0.05) is 51.7 Å². The molecule has 0 aliphatic carbocycles. The van der Waals surface area contributed by atoms with Crippen molar-refractivity contribution >= 4 is 28.0 Å². The van der Waals surface area contributed by atoms with Gasteiger partial charge in [-0.1, -0.05) is 36.4 Å². The van der Waals surface area contributed by atoms with Crippen LogP contribution in [0.2, 0.25) is 0 Å². The van der Waals surface area contributed by atoms with Crippen molar-refractivity contribution in [3.8, 4) is 5.69 Å². The topological polar surface area (TPSA) is 111 Å². The number of piperidine rings is 1. The van der Waals surface area contributed by atoms with E-state index in [0.29, 0.717) is 26.0 Å². The number of methoxy groups -OCH3 is 1. The van der Waals surface area contributed by atoms with Gasteiger partial charge in [-0.05, 0) is 74.1 Å². The third-order valence-electron chi connectivity index (χ3n) is 8.59. The van der Waals surface area contributed by atoms with Crippen molar-refractivity contribution in [1.29, 1.82) is 0 Å². The maximum Gasteiger partial charge on any atom is 0.331 e. The number of hydrogen-bond donors (Lipinski definition) is 2. The number of aryl methyl sites for hydroxylation is 2. The summed E-state index contributed by atoms with van der Waals surface area (Å²) in [5, 5.41) is 0. The summed E-state index contributed by atoms with van der Waals surface area (Å²) in [6.45, 7) is 4.95. The molecule has 0 radical (unpaired) electrons. The van der Waals surface area contributed by atoms with Gasteiger partial charge in [-0.25, -0.2) is 9.78 Å². The van der Waals surface area contributed by atoms with Crippen molar-refractivity contribution in [2.24, 2.45) is 5.73 Å². The number of carbonyl (C=O) groups is 1. The fourth-order valence-corrected chi connectivity index (χ4v) is 6.51. The quantitative estimate of drug-likeness (QED) is 0.233. The molecule has 3 N–H and O–H groups in total. The number of benzene rings is 3. The zero-order valence-electron chi connectivity index (χ0n) is 25.0. The molecule has 9 nitrogen and oxygen atoms in total. The van der Waals surface area contributed by atoms with Gasteiger partial charge in [-0.15, -0.1) is 0 Å². The van der Waals surface area contributed by atoms with Gasteiger partial charge in [0.25, 0.3) is 0 Å². The van der Waals surface area contributed by atoms with Gasteiger partial charge in [-0.2, -0.15) is 0 Å². The number of nitrogens with two attached hydrogens (primary N) is 1. The minimum absolute atomic E-state index is 0.0942. The SMILES string of the molecule is COCCCn1c([C@@H]2CCCN(C(=O)C[C@H](N)Cc3ccc(-n4c(=O)[nH]c5cccc(C)c54)cc3)C2)nc2ccccc21. The molecule has 3 heterocycles. The van der Waals surface area contributed by atoms with Crippen LogP contribution >= 0.6 is 0 Å². The molecule has 1 saturated heterocycles. The molecule has 2 aromatic heterocycles. The number of carbonyl (C=O) groups excluding carboxylic acids is 1. The lowest BCUT2D eigenvalue weighted by molar-refractivity contribution is -0.132. The molecular formula is C34H40N6O3. The van der Waals surface area contributed by atoms with E-state index >= 15 is 0 Å². The number of amides is 1. The predicted octanol–water partition coefficient (Wildman–Crippen LogP) is 4.68. The second kappa shape index (κ2) is 12.6. The van der Waals surface area contributed by atoms with Crippen molar-refractivity contribution < 1.29 is 9.53 Å². The van der Waals surface area contributed by atoms with E-state index in [-0.39, 0.29) is 23.6 Å². The Morgan fingerprint density at radius 3 is 2.74 bits per heavy atom. The molecule has 3 aromatic carbocycles. The van der Waals surface area contributed by atoms with E-state index < -0.39 is 0 Å².